The lowest BCUT2D eigenvalue weighted by atomic mass is 10.4. The summed E-state index contributed by atoms with van der Waals surface area (Å²) in [5.41, 5.74) is 6.93. The minimum atomic E-state index is 0.360. The zero-order valence-corrected chi connectivity index (χ0v) is 5.07. The summed E-state index contributed by atoms with van der Waals surface area (Å²) in [6, 6.07) is 0. The molecule has 2 aromatic heterocycles. The molecule has 0 bridgehead atoms. The van der Waals surface area contributed by atoms with Crippen molar-refractivity contribution in [3.8, 4) is 0 Å². The van der Waals surface area contributed by atoms with Crippen LogP contribution in [0.25, 0.3) is 11.0 Å². The van der Waals surface area contributed by atoms with Crippen LogP contribution in [0.5, 0.6) is 0 Å². The lowest BCUT2D eigenvalue weighted by Gasteiger charge is -1.88. The Kier molecular flexibility index (Phi) is 0.858. The molecule has 0 unspecified atom stereocenters. The number of rotatable bonds is 0. The Morgan fingerprint density at radius 3 is 3.20 bits per heavy atom. The molecule has 5 heteroatoms. The molecule has 0 radical (unpaired) electrons. The van der Waals surface area contributed by atoms with Crippen LogP contribution in [0.4, 0.5) is 5.82 Å². The van der Waals surface area contributed by atoms with Gasteiger partial charge in [-0.05, 0) is 0 Å². The number of hydrogen-bond acceptors (Lipinski definition) is 4. The van der Waals surface area contributed by atoms with E-state index in [4.69, 9.17) is 5.73 Å². The monoisotopic (exact) mass is 135 g/mol. The largest absolute Gasteiger partial charge is 0.380 e. The predicted octanol–water partition coefficient (Wildman–Crippen LogP) is -0.0649. The first kappa shape index (κ1) is 5.16. The molecular formula is C5H5N5. The first-order valence-electron chi connectivity index (χ1n) is 2.78. The molecule has 0 atom stereocenters. The molecule has 3 N–H and O–H groups in total. The van der Waals surface area contributed by atoms with E-state index in [1.165, 1.54) is 0 Å². The van der Waals surface area contributed by atoms with Crippen LogP contribution < -0.4 is 5.73 Å². The Balaban J connectivity index is 2.95. The van der Waals surface area contributed by atoms with Gasteiger partial charge in [-0.25, -0.2) is 4.98 Å². The fraction of sp³-hybridized carbons (Fsp3) is 0. The summed E-state index contributed by atoms with van der Waals surface area (Å²) in [7, 11) is 0. The number of anilines is 1. The van der Waals surface area contributed by atoms with E-state index in [2.05, 4.69) is 20.2 Å². The summed E-state index contributed by atoms with van der Waals surface area (Å²) >= 11 is 0. The zero-order valence-electron chi connectivity index (χ0n) is 5.07. The molecule has 2 aromatic rings. The van der Waals surface area contributed by atoms with Gasteiger partial charge < -0.3 is 10.7 Å². The van der Waals surface area contributed by atoms with Crippen LogP contribution in [0.15, 0.2) is 12.5 Å². The smallest absolute Gasteiger partial charge is 0.174 e. The molecule has 50 valence electrons. The lowest BCUT2D eigenvalue weighted by molar-refractivity contribution is 1.06. The van der Waals surface area contributed by atoms with Crippen molar-refractivity contribution in [3.63, 3.8) is 0 Å². The highest BCUT2D eigenvalue weighted by Crippen LogP contribution is 2.10. The van der Waals surface area contributed by atoms with Crippen molar-refractivity contribution in [2.75, 3.05) is 5.73 Å². The third-order valence-electron chi connectivity index (χ3n) is 1.26. The van der Waals surface area contributed by atoms with Crippen LogP contribution >= 0.6 is 0 Å². The first-order chi connectivity index (χ1) is 4.88. The van der Waals surface area contributed by atoms with Crippen LogP contribution in [0.2, 0.25) is 0 Å². The van der Waals surface area contributed by atoms with Crippen molar-refractivity contribution in [3.05, 3.63) is 12.5 Å². The maximum atomic E-state index is 5.44. The van der Waals surface area contributed by atoms with E-state index in [1.807, 2.05) is 0 Å². The molecule has 0 fully saturated rings. The number of nitrogens with two attached hydrogens (primary N) is 1. The average molecular weight is 135 g/mol. The summed E-state index contributed by atoms with van der Waals surface area (Å²) in [5.74, 6) is 0.360. The second-order valence-corrected chi connectivity index (χ2v) is 1.89. The molecule has 0 saturated carbocycles. The van der Waals surface area contributed by atoms with Crippen molar-refractivity contribution in [2.45, 2.75) is 0 Å². The van der Waals surface area contributed by atoms with Gasteiger partial charge in [-0.3, -0.25) is 0 Å². The number of imidazole rings is 1. The van der Waals surface area contributed by atoms with E-state index < -0.39 is 0 Å². The Hall–Kier alpha value is -1.65. The summed E-state index contributed by atoms with van der Waals surface area (Å²) < 4.78 is 0. The van der Waals surface area contributed by atoms with Crippen LogP contribution in [-0.2, 0) is 0 Å². The van der Waals surface area contributed by atoms with Gasteiger partial charge >= 0.3 is 0 Å². The normalized spacial score (nSPS) is 10.4. The number of hydrogen-bond donors (Lipinski definition) is 2. The van der Waals surface area contributed by atoms with Crippen molar-refractivity contribution in [1.29, 1.82) is 0 Å². The number of nitrogen functional groups attached to an aromatic ring is 1. The van der Waals surface area contributed by atoms with E-state index in [0.717, 1.165) is 5.52 Å². The Morgan fingerprint density at radius 2 is 2.40 bits per heavy atom. The minimum absolute atomic E-state index is 0.360. The number of nitrogens with zero attached hydrogens (tertiary/aromatic N) is 3. The predicted molar refractivity (Wildman–Crippen MR) is 36.1 cm³/mol. The van der Waals surface area contributed by atoms with Crippen LogP contribution in [0.3, 0.4) is 0 Å². The summed E-state index contributed by atoms with van der Waals surface area (Å²) in [4.78, 5) is 6.80. The fourth-order valence-corrected chi connectivity index (χ4v) is 0.803. The highest BCUT2D eigenvalue weighted by molar-refractivity contribution is 5.82. The Labute approximate surface area is 56.3 Å². The van der Waals surface area contributed by atoms with Gasteiger partial charge in [0.15, 0.2) is 5.82 Å². The maximum Gasteiger partial charge on any atom is 0.174 e. The molecule has 0 aliphatic heterocycles. The molecule has 0 aliphatic carbocycles. The Morgan fingerprint density at radius 1 is 1.50 bits per heavy atom. The standard InChI is InChI=1S/C5H5N5/c6-5-4-3(1-9-10-5)7-2-8-4/h1-2H,(H2,6,10)(H,7,8). The fourth-order valence-electron chi connectivity index (χ4n) is 0.803. The topological polar surface area (TPSA) is 80.5 Å². The molecule has 0 aliphatic rings. The van der Waals surface area contributed by atoms with E-state index in [9.17, 15) is 0 Å². The number of fused-ring (bicyclic) bond motifs is 1. The van der Waals surface area contributed by atoms with Crippen molar-refractivity contribution in [2.24, 2.45) is 0 Å². The average Bonchev–Trinajstić information content (AvgIpc) is 2.36. The van der Waals surface area contributed by atoms with Crippen molar-refractivity contribution >= 4 is 16.9 Å². The van der Waals surface area contributed by atoms with Crippen LogP contribution in [-0.4, -0.2) is 20.2 Å². The molecule has 2 rings (SSSR count). The van der Waals surface area contributed by atoms with E-state index in [-0.39, 0.29) is 0 Å². The van der Waals surface area contributed by atoms with Gasteiger partial charge in [-0.2, -0.15) is 5.10 Å². The van der Waals surface area contributed by atoms with Gasteiger partial charge in [0.25, 0.3) is 0 Å². The summed E-state index contributed by atoms with van der Waals surface area (Å²) in [6.45, 7) is 0. The third kappa shape index (κ3) is 0.540. The molecule has 0 amide bonds. The summed E-state index contributed by atoms with van der Waals surface area (Å²) in [5, 5.41) is 7.26. The minimum Gasteiger partial charge on any atom is -0.380 e. The van der Waals surface area contributed by atoms with Gasteiger partial charge in [0.2, 0.25) is 0 Å². The van der Waals surface area contributed by atoms with Gasteiger partial charge in [0.1, 0.15) is 5.52 Å². The highest BCUT2D eigenvalue weighted by Gasteiger charge is 1.99. The quantitative estimate of drug-likeness (QED) is 0.530. The second kappa shape index (κ2) is 1.66. The van der Waals surface area contributed by atoms with Gasteiger partial charge in [-0.15, -0.1) is 5.10 Å². The SMILES string of the molecule is Nc1nncc2[nH]cnc12. The molecule has 0 aromatic carbocycles. The molecule has 5 nitrogen and oxygen atoms in total. The van der Waals surface area contributed by atoms with E-state index >= 15 is 0 Å². The third-order valence-corrected chi connectivity index (χ3v) is 1.26. The number of nitrogens with one attached hydrogen (secondary N) is 1. The molecular weight excluding hydrogens is 130 g/mol. The number of H-pyrrole nitrogens is 1. The Bertz CT molecular complexity index is 352. The van der Waals surface area contributed by atoms with Crippen molar-refractivity contribution in [1.82, 2.24) is 20.2 Å². The van der Waals surface area contributed by atoms with E-state index in [0.29, 0.717) is 11.3 Å². The molecule has 0 saturated heterocycles. The van der Waals surface area contributed by atoms with E-state index in [1.54, 1.807) is 12.5 Å². The maximum absolute atomic E-state index is 5.44. The highest BCUT2D eigenvalue weighted by atomic mass is 15.1. The molecule has 2 heterocycles. The van der Waals surface area contributed by atoms with Crippen LogP contribution in [0.1, 0.15) is 0 Å². The second-order valence-electron chi connectivity index (χ2n) is 1.89. The molecule has 10 heavy (non-hydrogen) atoms. The van der Waals surface area contributed by atoms with Gasteiger partial charge in [0.05, 0.1) is 18.0 Å². The van der Waals surface area contributed by atoms with Gasteiger partial charge in [0, 0.05) is 0 Å². The zero-order chi connectivity index (χ0) is 6.97. The lowest BCUT2D eigenvalue weighted by Crippen LogP contribution is -1.92. The first-order valence-corrected chi connectivity index (χ1v) is 2.78. The molecule has 0 spiro atoms. The number of aromatic nitrogens is 4. The van der Waals surface area contributed by atoms with Crippen LogP contribution in [0, 0.1) is 0 Å². The van der Waals surface area contributed by atoms with Gasteiger partial charge in [-0.1, -0.05) is 0 Å². The summed E-state index contributed by atoms with van der Waals surface area (Å²) in [6.07, 6.45) is 3.14. The number of aromatic amines is 1. The van der Waals surface area contributed by atoms with Crippen molar-refractivity contribution < 1.29 is 0 Å².